The monoisotopic (exact) mass is 561 g/mol. The van der Waals surface area contributed by atoms with Gasteiger partial charge in [-0.1, -0.05) is 109 Å². The van der Waals surface area contributed by atoms with E-state index in [4.69, 9.17) is 14.4 Å². The minimum atomic E-state index is 0.616. The van der Waals surface area contributed by atoms with Crippen LogP contribution in [0.15, 0.2) is 144 Å². The Labute approximate surface area is 252 Å². The zero-order chi connectivity index (χ0) is 28.8. The van der Waals surface area contributed by atoms with E-state index in [9.17, 15) is 0 Å². The Balaban J connectivity index is 1.34. The highest BCUT2D eigenvalue weighted by atomic mass is 16.3. The summed E-state index contributed by atoms with van der Waals surface area (Å²) in [6.07, 6.45) is 0. The van der Waals surface area contributed by atoms with Gasteiger partial charge in [-0.05, 0) is 62.8 Å². The molecule has 7 aromatic carbocycles. The van der Waals surface area contributed by atoms with Crippen LogP contribution in [0.1, 0.15) is 0 Å². The SMILES string of the molecule is c1ccc2cc(-c3nc(N4c5ccc6ccccc6c5-c5cccc6cccc4c56)nc4c3oc3ccccc34)ccc2c1. The molecule has 0 amide bonds. The molecular weight excluding hydrogens is 538 g/mol. The fraction of sp³-hybridized carbons (Fsp3) is 0. The van der Waals surface area contributed by atoms with E-state index in [0.717, 1.165) is 44.5 Å². The molecule has 0 saturated heterocycles. The molecule has 10 rings (SSSR count). The van der Waals surface area contributed by atoms with Gasteiger partial charge in [0.25, 0.3) is 0 Å². The van der Waals surface area contributed by atoms with Gasteiger partial charge in [-0.2, -0.15) is 0 Å². The maximum absolute atomic E-state index is 6.49. The second kappa shape index (κ2) is 8.76. The Hall–Kier alpha value is -6.00. The number of rotatable bonds is 2. The van der Waals surface area contributed by atoms with Crippen LogP contribution < -0.4 is 4.90 Å². The normalized spacial score (nSPS) is 12.5. The third-order valence-corrected chi connectivity index (χ3v) is 8.97. The second-order valence-electron chi connectivity index (χ2n) is 11.4. The number of benzene rings is 7. The first kappa shape index (κ1) is 23.6. The maximum Gasteiger partial charge on any atom is 0.236 e. The Morgan fingerprint density at radius 1 is 0.523 bits per heavy atom. The predicted octanol–water partition coefficient (Wildman–Crippen LogP) is 11.0. The Morgan fingerprint density at radius 2 is 1.25 bits per heavy atom. The van der Waals surface area contributed by atoms with Crippen LogP contribution in [0.5, 0.6) is 0 Å². The highest BCUT2D eigenvalue weighted by Gasteiger charge is 2.30. The van der Waals surface area contributed by atoms with E-state index in [1.165, 1.54) is 38.1 Å². The quantitative estimate of drug-likeness (QED) is 0.211. The highest BCUT2D eigenvalue weighted by Crippen LogP contribution is 2.53. The summed E-state index contributed by atoms with van der Waals surface area (Å²) in [6.45, 7) is 0. The molecule has 4 nitrogen and oxygen atoms in total. The number of hydrogen-bond donors (Lipinski definition) is 0. The van der Waals surface area contributed by atoms with Crippen LogP contribution in [0.25, 0.3) is 76.8 Å². The molecule has 44 heavy (non-hydrogen) atoms. The van der Waals surface area contributed by atoms with Crippen LogP contribution in [-0.4, -0.2) is 9.97 Å². The van der Waals surface area contributed by atoms with E-state index in [0.29, 0.717) is 11.5 Å². The van der Waals surface area contributed by atoms with E-state index < -0.39 is 0 Å². The zero-order valence-corrected chi connectivity index (χ0v) is 23.5. The molecule has 4 heteroatoms. The van der Waals surface area contributed by atoms with Crippen molar-refractivity contribution in [1.82, 2.24) is 9.97 Å². The summed E-state index contributed by atoms with van der Waals surface area (Å²) in [5.74, 6) is 0.616. The summed E-state index contributed by atoms with van der Waals surface area (Å²) in [5, 5.41) is 8.12. The molecule has 0 saturated carbocycles. The third-order valence-electron chi connectivity index (χ3n) is 8.97. The molecule has 0 aliphatic carbocycles. The molecule has 3 heterocycles. The van der Waals surface area contributed by atoms with Crippen molar-refractivity contribution in [2.75, 3.05) is 4.90 Å². The van der Waals surface area contributed by atoms with Crippen molar-refractivity contribution in [2.24, 2.45) is 0 Å². The largest absolute Gasteiger partial charge is 0.452 e. The molecule has 0 bridgehead atoms. The average molecular weight is 562 g/mol. The number of fused-ring (bicyclic) bond motifs is 8. The van der Waals surface area contributed by atoms with Gasteiger partial charge in [0.2, 0.25) is 5.95 Å². The number of furan rings is 1. The first-order chi connectivity index (χ1) is 21.8. The standard InChI is InChI=1S/C40H23N3O/c1-2-11-27-23-28(20-19-24(27)9-1)37-39-38(30-15-5-6-18-34(30)44-39)42-40(41-37)43-32-17-8-13-26-12-7-16-31(35(26)32)36-29-14-4-3-10-25(29)21-22-33(36)43/h1-23H. The number of anilines is 3. The third kappa shape index (κ3) is 3.22. The molecule has 1 aliphatic heterocycles. The van der Waals surface area contributed by atoms with Crippen LogP contribution >= 0.6 is 0 Å². The summed E-state index contributed by atoms with van der Waals surface area (Å²) < 4.78 is 6.49. The minimum absolute atomic E-state index is 0.616. The van der Waals surface area contributed by atoms with Gasteiger partial charge in [0.1, 0.15) is 16.8 Å². The second-order valence-corrected chi connectivity index (χ2v) is 11.4. The Kier molecular flexibility index (Phi) is 4.69. The molecule has 1 aliphatic rings. The lowest BCUT2D eigenvalue weighted by molar-refractivity contribution is 0.667. The smallest absolute Gasteiger partial charge is 0.236 e. The van der Waals surface area contributed by atoms with Crippen molar-refractivity contribution in [3.05, 3.63) is 140 Å². The first-order valence-electron chi connectivity index (χ1n) is 14.8. The van der Waals surface area contributed by atoms with E-state index in [1.54, 1.807) is 0 Å². The van der Waals surface area contributed by atoms with Gasteiger partial charge in [-0.3, -0.25) is 4.90 Å². The van der Waals surface area contributed by atoms with Crippen LogP contribution in [0.2, 0.25) is 0 Å². The van der Waals surface area contributed by atoms with Gasteiger partial charge in [0.15, 0.2) is 5.58 Å². The van der Waals surface area contributed by atoms with E-state index in [1.807, 2.05) is 18.2 Å². The summed E-state index contributed by atoms with van der Waals surface area (Å²) >= 11 is 0. The Bertz CT molecular complexity index is 2630. The molecule has 204 valence electrons. The Morgan fingerprint density at radius 3 is 2.16 bits per heavy atom. The van der Waals surface area contributed by atoms with E-state index in [2.05, 4.69) is 126 Å². The first-order valence-corrected chi connectivity index (χ1v) is 14.8. The average Bonchev–Trinajstić information content (AvgIpc) is 3.46. The lowest BCUT2D eigenvalue weighted by Gasteiger charge is -2.32. The molecule has 0 atom stereocenters. The lowest BCUT2D eigenvalue weighted by Crippen LogP contribution is -2.18. The topological polar surface area (TPSA) is 42.2 Å². The summed E-state index contributed by atoms with van der Waals surface area (Å²) in [7, 11) is 0. The molecule has 0 radical (unpaired) electrons. The van der Waals surface area contributed by atoms with Gasteiger partial charge >= 0.3 is 0 Å². The van der Waals surface area contributed by atoms with Crippen LogP contribution in [0, 0.1) is 0 Å². The highest BCUT2D eigenvalue weighted by molar-refractivity contribution is 6.19. The van der Waals surface area contributed by atoms with Gasteiger partial charge in [-0.25, -0.2) is 9.97 Å². The van der Waals surface area contributed by atoms with Crippen molar-refractivity contribution < 1.29 is 4.42 Å². The molecular formula is C40H23N3O. The maximum atomic E-state index is 6.49. The van der Waals surface area contributed by atoms with Gasteiger partial charge in [0, 0.05) is 21.9 Å². The van der Waals surface area contributed by atoms with Crippen molar-refractivity contribution >= 4 is 71.7 Å². The van der Waals surface area contributed by atoms with Crippen molar-refractivity contribution in [2.45, 2.75) is 0 Å². The fourth-order valence-electron chi connectivity index (χ4n) is 7.00. The summed E-state index contributed by atoms with van der Waals surface area (Å²) in [4.78, 5) is 12.9. The molecule has 0 spiro atoms. The van der Waals surface area contributed by atoms with Crippen molar-refractivity contribution in [1.29, 1.82) is 0 Å². The van der Waals surface area contributed by atoms with Gasteiger partial charge in [-0.15, -0.1) is 0 Å². The fourth-order valence-corrected chi connectivity index (χ4v) is 7.00. The number of hydrogen-bond acceptors (Lipinski definition) is 4. The zero-order valence-electron chi connectivity index (χ0n) is 23.5. The van der Waals surface area contributed by atoms with Crippen molar-refractivity contribution in [3.63, 3.8) is 0 Å². The molecule has 2 aromatic heterocycles. The van der Waals surface area contributed by atoms with Gasteiger partial charge < -0.3 is 4.42 Å². The molecule has 0 unspecified atom stereocenters. The van der Waals surface area contributed by atoms with Gasteiger partial charge in [0.05, 0.1) is 11.4 Å². The molecule has 0 fully saturated rings. The van der Waals surface area contributed by atoms with Crippen LogP contribution in [0.4, 0.5) is 17.3 Å². The minimum Gasteiger partial charge on any atom is -0.452 e. The van der Waals surface area contributed by atoms with Crippen molar-refractivity contribution in [3.8, 4) is 22.4 Å². The number of aromatic nitrogens is 2. The number of nitrogens with zero attached hydrogens (tertiary/aromatic N) is 3. The van der Waals surface area contributed by atoms with E-state index in [-0.39, 0.29) is 0 Å². The number of para-hydroxylation sites is 1. The summed E-state index contributed by atoms with van der Waals surface area (Å²) in [6, 6.07) is 49.1. The van der Waals surface area contributed by atoms with E-state index >= 15 is 0 Å². The van der Waals surface area contributed by atoms with Crippen LogP contribution in [-0.2, 0) is 0 Å². The van der Waals surface area contributed by atoms with Crippen LogP contribution in [0.3, 0.4) is 0 Å². The molecule has 9 aromatic rings. The molecule has 0 N–H and O–H groups in total. The summed E-state index contributed by atoms with van der Waals surface area (Å²) in [5.41, 5.74) is 8.62. The predicted molar refractivity (Wildman–Crippen MR) is 181 cm³/mol. The lowest BCUT2D eigenvalue weighted by atomic mass is 9.88.